The third-order valence-electron chi connectivity index (χ3n) is 1.84. The minimum atomic E-state index is -1.99. The lowest BCUT2D eigenvalue weighted by Crippen LogP contribution is -2.12. The topological polar surface area (TPSA) is 87.0 Å². The molecule has 3 N–H and O–H groups in total. The molecule has 1 atom stereocenters. The molecule has 0 saturated heterocycles. The van der Waals surface area contributed by atoms with Gasteiger partial charge in [-0.05, 0) is 12.1 Å². The van der Waals surface area contributed by atoms with Gasteiger partial charge in [-0.2, -0.15) is 0 Å². The van der Waals surface area contributed by atoms with E-state index in [0.29, 0.717) is 0 Å². The molecule has 0 amide bonds. The van der Waals surface area contributed by atoms with E-state index in [1.807, 2.05) is 0 Å². The second-order valence-corrected chi connectivity index (χ2v) is 2.76. The first-order valence-corrected chi connectivity index (χ1v) is 3.95. The van der Waals surface area contributed by atoms with Crippen LogP contribution in [0.15, 0.2) is 12.1 Å². The zero-order valence-electron chi connectivity index (χ0n) is 7.77. The Morgan fingerprint density at radius 2 is 2.13 bits per heavy atom. The number of carboxylic acid groups (broad SMARTS) is 1. The molecule has 0 aliphatic heterocycles. The fourth-order valence-corrected chi connectivity index (χ4v) is 1.10. The average molecular weight is 216 g/mol. The molecule has 0 aliphatic carbocycles. The molecule has 15 heavy (non-hydrogen) atoms. The van der Waals surface area contributed by atoms with Crippen molar-refractivity contribution in [1.82, 2.24) is 0 Å². The summed E-state index contributed by atoms with van der Waals surface area (Å²) < 4.78 is 18.0. The highest BCUT2D eigenvalue weighted by Crippen LogP contribution is 2.33. The summed E-state index contributed by atoms with van der Waals surface area (Å²) in [5, 5.41) is 26.7. The van der Waals surface area contributed by atoms with Crippen LogP contribution in [0, 0.1) is 5.82 Å². The molecule has 1 aromatic rings. The van der Waals surface area contributed by atoms with Crippen molar-refractivity contribution < 1.29 is 29.2 Å². The van der Waals surface area contributed by atoms with Gasteiger partial charge in [-0.3, -0.25) is 0 Å². The predicted molar refractivity (Wildman–Crippen MR) is 47.2 cm³/mol. The van der Waals surface area contributed by atoms with Gasteiger partial charge in [0.1, 0.15) is 0 Å². The van der Waals surface area contributed by atoms with Crippen LogP contribution < -0.4 is 4.74 Å². The summed E-state index contributed by atoms with van der Waals surface area (Å²) >= 11 is 0. The number of ether oxygens (including phenoxy) is 1. The average Bonchev–Trinajstić information content (AvgIpc) is 2.17. The van der Waals surface area contributed by atoms with Gasteiger partial charge >= 0.3 is 5.97 Å². The minimum Gasteiger partial charge on any atom is -0.504 e. The first kappa shape index (κ1) is 11.3. The van der Waals surface area contributed by atoms with Crippen molar-refractivity contribution in [2.75, 3.05) is 7.11 Å². The maximum Gasteiger partial charge on any atom is 0.337 e. The number of hydrogen-bond acceptors (Lipinski definition) is 4. The number of carboxylic acids is 1. The van der Waals surface area contributed by atoms with Crippen LogP contribution in [0.1, 0.15) is 11.7 Å². The molecule has 0 radical (unpaired) electrons. The number of aromatic hydroxyl groups is 1. The van der Waals surface area contributed by atoms with Crippen molar-refractivity contribution in [3.8, 4) is 11.5 Å². The molecule has 6 heteroatoms. The van der Waals surface area contributed by atoms with Gasteiger partial charge in [-0.1, -0.05) is 0 Å². The number of phenols is 1. The largest absolute Gasteiger partial charge is 0.504 e. The number of phenolic OH excluding ortho intramolecular Hbond substituents is 1. The van der Waals surface area contributed by atoms with Crippen LogP contribution in [0.5, 0.6) is 11.5 Å². The highest BCUT2D eigenvalue weighted by molar-refractivity contribution is 5.74. The summed E-state index contributed by atoms with van der Waals surface area (Å²) in [4.78, 5) is 10.4. The van der Waals surface area contributed by atoms with E-state index in [4.69, 9.17) is 15.3 Å². The molecule has 0 aromatic heterocycles. The Bertz CT molecular complexity index is 390. The second-order valence-electron chi connectivity index (χ2n) is 2.76. The Morgan fingerprint density at radius 3 is 2.60 bits per heavy atom. The maximum atomic E-state index is 13.4. The van der Waals surface area contributed by atoms with Crippen molar-refractivity contribution in [3.05, 3.63) is 23.5 Å². The van der Waals surface area contributed by atoms with E-state index in [1.165, 1.54) is 0 Å². The summed E-state index contributed by atoms with van der Waals surface area (Å²) in [5.41, 5.74) is -0.461. The van der Waals surface area contributed by atoms with Crippen molar-refractivity contribution >= 4 is 5.97 Å². The van der Waals surface area contributed by atoms with E-state index < -0.39 is 35.0 Å². The number of methoxy groups -OCH3 is 1. The van der Waals surface area contributed by atoms with Gasteiger partial charge in [0.25, 0.3) is 0 Å². The fourth-order valence-electron chi connectivity index (χ4n) is 1.10. The van der Waals surface area contributed by atoms with Crippen LogP contribution in [0.2, 0.25) is 0 Å². The van der Waals surface area contributed by atoms with E-state index in [9.17, 15) is 9.18 Å². The summed E-state index contributed by atoms with van der Waals surface area (Å²) in [5.74, 6) is -3.63. The van der Waals surface area contributed by atoms with Crippen molar-refractivity contribution in [3.63, 3.8) is 0 Å². The summed E-state index contributed by atoms with van der Waals surface area (Å²) in [6.07, 6.45) is -1.99. The van der Waals surface area contributed by atoms with Gasteiger partial charge in [-0.15, -0.1) is 0 Å². The van der Waals surface area contributed by atoms with Crippen molar-refractivity contribution in [2.45, 2.75) is 6.10 Å². The highest BCUT2D eigenvalue weighted by atomic mass is 19.1. The highest BCUT2D eigenvalue weighted by Gasteiger charge is 2.23. The third-order valence-corrected chi connectivity index (χ3v) is 1.84. The molecule has 0 fully saturated rings. The molecule has 0 aliphatic rings. The summed E-state index contributed by atoms with van der Waals surface area (Å²) in [7, 11) is 1.12. The lowest BCUT2D eigenvalue weighted by molar-refractivity contribution is -0.147. The van der Waals surface area contributed by atoms with E-state index in [0.717, 1.165) is 19.2 Å². The first-order valence-electron chi connectivity index (χ1n) is 3.95. The zero-order chi connectivity index (χ0) is 11.6. The van der Waals surface area contributed by atoms with E-state index in [2.05, 4.69) is 4.74 Å². The molecule has 0 heterocycles. The van der Waals surface area contributed by atoms with Crippen LogP contribution in [0.4, 0.5) is 4.39 Å². The molecular formula is C9H9FO5. The number of carbonyl (C=O) groups is 1. The number of benzene rings is 1. The molecule has 0 saturated carbocycles. The number of aliphatic carboxylic acids is 1. The molecule has 5 nitrogen and oxygen atoms in total. The SMILES string of the molecule is COc1c(O)ccc(C(O)C(=O)O)c1F. The molecular weight excluding hydrogens is 207 g/mol. The lowest BCUT2D eigenvalue weighted by Gasteiger charge is -2.11. The third kappa shape index (κ3) is 1.99. The molecule has 1 unspecified atom stereocenters. The van der Waals surface area contributed by atoms with Crippen LogP contribution in [0.25, 0.3) is 0 Å². The van der Waals surface area contributed by atoms with Crippen LogP contribution in [0.3, 0.4) is 0 Å². The summed E-state index contributed by atoms with van der Waals surface area (Å²) in [6.45, 7) is 0. The standard InChI is InChI=1S/C9H9FO5/c1-15-8-5(11)3-2-4(6(8)10)7(12)9(13)14/h2-3,7,11-12H,1H3,(H,13,14). The maximum absolute atomic E-state index is 13.4. The summed E-state index contributed by atoms with van der Waals surface area (Å²) in [6, 6.07) is 2.02. The minimum absolute atomic E-state index is 0.461. The molecule has 0 spiro atoms. The van der Waals surface area contributed by atoms with Crippen molar-refractivity contribution in [1.29, 1.82) is 0 Å². The van der Waals surface area contributed by atoms with Crippen LogP contribution in [-0.4, -0.2) is 28.4 Å². The number of aliphatic hydroxyl groups excluding tert-OH is 1. The molecule has 0 bridgehead atoms. The molecule has 1 rings (SSSR count). The quantitative estimate of drug-likeness (QED) is 0.690. The number of hydrogen-bond donors (Lipinski definition) is 3. The van der Waals surface area contributed by atoms with Crippen LogP contribution in [-0.2, 0) is 4.79 Å². The number of halogens is 1. The Morgan fingerprint density at radius 1 is 1.53 bits per heavy atom. The van der Waals surface area contributed by atoms with E-state index in [-0.39, 0.29) is 0 Å². The normalized spacial score (nSPS) is 12.2. The number of rotatable bonds is 3. The van der Waals surface area contributed by atoms with Gasteiger partial charge in [0, 0.05) is 5.56 Å². The van der Waals surface area contributed by atoms with E-state index in [1.54, 1.807) is 0 Å². The van der Waals surface area contributed by atoms with Gasteiger partial charge in [0.05, 0.1) is 7.11 Å². The van der Waals surface area contributed by atoms with Gasteiger partial charge in [-0.25, -0.2) is 9.18 Å². The second kappa shape index (κ2) is 4.14. The first-order chi connectivity index (χ1) is 6.99. The Balaban J connectivity index is 3.27. The predicted octanol–water partition coefficient (Wildman–Crippen LogP) is 0.658. The zero-order valence-corrected chi connectivity index (χ0v) is 7.77. The Hall–Kier alpha value is -1.82. The van der Waals surface area contributed by atoms with Crippen molar-refractivity contribution in [2.24, 2.45) is 0 Å². The molecule has 82 valence electrons. The number of aliphatic hydroxyl groups is 1. The van der Waals surface area contributed by atoms with Gasteiger partial charge < -0.3 is 20.1 Å². The van der Waals surface area contributed by atoms with Gasteiger partial charge in [0.15, 0.2) is 23.4 Å². The lowest BCUT2D eigenvalue weighted by atomic mass is 10.1. The smallest absolute Gasteiger partial charge is 0.337 e. The Labute approximate surface area is 84.3 Å². The fraction of sp³-hybridized carbons (Fsp3) is 0.222. The molecule has 1 aromatic carbocycles. The Kier molecular flexibility index (Phi) is 3.11. The van der Waals surface area contributed by atoms with Gasteiger partial charge in [0.2, 0.25) is 0 Å². The monoisotopic (exact) mass is 216 g/mol. The van der Waals surface area contributed by atoms with E-state index >= 15 is 0 Å². The van der Waals surface area contributed by atoms with Crippen LogP contribution >= 0.6 is 0 Å².